The molecular formula is C30H45N8O17P3S. The Morgan fingerprint density at radius 2 is 1.69 bits per heavy atom. The molecule has 2 aromatic heterocycles. The number of carbonyl (C=O) groups excluding carboxylic acids is 3. The van der Waals surface area contributed by atoms with Gasteiger partial charge >= 0.3 is 23.5 Å². The minimum Gasteiger partial charge on any atom is -0.386 e. The molecule has 1 saturated heterocycles. The smallest absolute Gasteiger partial charge is 0.386 e. The van der Waals surface area contributed by atoms with Crippen LogP contribution in [0.2, 0.25) is 0 Å². The first-order valence-corrected chi connectivity index (χ1v) is 22.8. The van der Waals surface area contributed by atoms with Gasteiger partial charge in [-0.25, -0.2) is 28.6 Å². The molecule has 25 nitrogen and oxygen atoms in total. The van der Waals surface area contributed by atoms with Crippen LogP contribution in [0.5, 0.6) is 0 Å². The van der Waals surface area contributed by atoms with Gasteiger partial charge in [-0.2, -0.15) is 4.31 Å². The maximum Gasteiger partial charge on any atom is 0.481 e. The minimum atomic E-state index is -5.58. The number of ether oxygens (including phenoxy) is 1. The van der Waals surface area contributed by atoms with E-state index < -0.39 is 90.6 Å². The molecule has 1 aliphatic rings. The molecule has 0 radical (unpaired) electrons. The van der Waals surface area contributed by atoms with Gasteiger partial charge in [-0.05, 0) is 12.0 Å². The first-order chi connectivity index (χ1) is 27.5. The van der Waals surface area contributed by atoms with Gasteiger partial charge in [0, 0.05) is 30.7 Å². The van der Waals surface area contributed by atoms with Gasteiger partial charge in [-0.1, -0.05) is 55.9 Å². The number of nitrogen functional groups attached to an aromatic ring is 1. The van der Waals surface area contributed by atoms with E-state index in [1.165, 1.54) is 13.8 Å². The Bertz CT molecular complexity index is 2080. The number of aromatic nitrogens is 4. The third-order valence-corrected chi connectivity index (χ3v) is 12.4. The van der Waals surface area contributed by atoms with Crippen molar-refractivity contribution < 1.29 is 80.5 Å². The highest BCUT2D eigenvalue weighted by Crippen LogP contribution is 2.61. The summed E-state index contributed by atoms with van der Waals surface area (Å²) in [6, 6.07) is 8.54. The largest absolute Gasteiger partial charge is 0.481 e. The number of thioether (sulfide) groups is 1. The van der Waals surface area contributed by atoms with Crippen molar-refractivity contribution in [1.29, 1.82) is 0 Å². The van der Waals surface area contributed by atoms with Crippen LogP contribution in [0.3, 0.4) is 0 Å². The van der Waals surface area contributed by atoms with Crippen LogP contribution in [0.1, 0.15) is 32.1 Å². The zero-order chi connectivity index (χ0) is 43.8. The Balaban J connectivity index is 1.20. The first-order valence-electron chi connectivity index (χ1n) is 17.3. The van der Waals surface area contributed by atoms with Crippen LogP contribution in [0.25, 0.3) is 11.2 Å². The molecule has 2 amide bonds. The van der Waals surface area contributed by atoms with Crippen LogP contribution >= 0.6 is 35.2 Å². The Labute approximate surface area is 340 Å². The van der Waals surface area contributed by atoms with Crippen molar-refractivity contribution in [1.82, 2.24) is 30.2 Å². The highest BCUT2D eigenvalue weighted by molar-refractivity contribution is 8.13. The summed E-state index contributed by atoms with van der Waals surface area (Å²) in [4.78, 5) is 88.1. The number of nitrogens with two attached hydrogens (primary N) is 2. The van der Waals surface area contributed by atoms with Gasteiger partial charge in [0.15, 0.2) is 17.7 Å². The summed E-state index contributed by atoms with van der Waals surface area (Å²) in [5.41, 5.74) is 11.1. The lowest BCUT2D eigenvalue weighted by atomic mass is 9.87. The molecule has 1 fully saturated rings. The van der Waals surface area contributed by atoms with Crippen LogP contribution in [0.4, 0.5) is 5.82 Å². The molecule has 3 heterocycles. The molecule has 12 N–H and O–H groups in total. The zero-order valence-electron chi connectivity index (χ0n) is 31.3. The summed E-state index contributed by atoms with van der Waals surface area (Å²) in [6.07, 6.45) is -6.62. The van der Waals surface area contributed by atoms with Crippen molar-refractivity contribution in [3.05, 3.63) is 48.5 Å². The summed E-state index contributed by atoms with van der Waals surface area (Å²) >= 11 is 0.973. The molecule has 0 bridgehead atoms. The number of benzene rings is 1. The Kier molecular flexibility index (Phi) is 16.8. The molecular weight excluding hydrogens is 869 g/mol. The van der Waals surface area contributed by atoms with Crippen molar-refractivity contribution in [2.24, 2.45) is 11.1 Å². The van der Waals surface area contributed by atoms with E-state index in [1.54, 1.807) is 0 Å². The molecule has 8 atom stereocenters. The van der Waals surface area contributed by atoms with E-state index in [-0.39, 0.29) is 47.4 Å². The number of aliphatic hydroxyl groups excluding tert-OH is 2. The van der Waals surface area contributed by atoms with Gasteiger partial charge < -0.3 is 56.6 Å². The molecule has 0 spiro atoms. The minimum absolute atomic E-state index is 0.0268. The highest BCUT2D eigenvalue weighted by Gasteiger charge is 2.50. The zero-order valence-corrected chi connectivity index (χ0v) is 34.8. The van der Waals surface area contributed by atoms with E-state index >= 15 is 0 Å². The van der Waals surface area contributed by atoms with Gasteiger partial charge in [-0.15, -0.1) is 0 Å². The summed E-state index contributed by atoms with van der Waals surface area (Å²) in [5.74, 6) is -1.25. The Morgan fingerprint density at radius 1 is 1.02 bits per heavy atom. The van der Waals surface area contributed by atoms with Crippen LogP contribution in [0, 0.1) is 5.41 Å². The van der Waals surface area contributed by atoms with Crippen molar-refractivity contribution in [2.75, 3.05) is 37.8 Å². The van der Waals surface area contributed by atoms with E-state index in [0.717, 1.165) is 34.5 Å². The van der Waals surface area contributed by atoms with Crippen LogP contribution in [-0.2, 0) is 57.1 Å². The number of phosphoric acid groups is 3. The monoisotopic (exact) mass is 914 g/mol. The average molecular weight is 915 g/mol. The fraction of sp³-hybridized carbons (Fsp3) is 0.533. The SMILES string of the molecule is CC(C)(COP(=O)(O)OP(=O)(O)OCC1OC(n2cnc3c(N)ncnc32)C(O)C1OP(=O)(O)O)C(O)C(=O)NCCC(=O)NCCSC(=O)C(N)Cc1ccccc1. The van der Waals surface area contributed by atoms with Crippen molar-refractivity contribution in [2.45, 2.75) is 63.4 Å². The summed E-state index contributed by atoms with van der Waals surface area (Å²) in [7, 11) is -16.4. The fourth-order valence-electron chi connectivity index (χ4n) is 5.34. The second-order valence-electron chi connectivity index (χ2n) is 13.5. The molecule has 328 valence electrons. The van der Waals surface area contributed by atoms with Gasteiger partial charge in [0.2, 0.25) is 16.9 Å². The number of fused-ring (bicyclic) bond motifs is 1. The van der Waals surface area contributed by atoms with Gasteiger partial charge in [0.25, 0.3) is 0 Å². The maximum atomic E-state index is 12.7. The molecule has 1 aliphatic heterocycles. The van der Waals surface area contributed by atoms with Crippen molar-refractivity contribution >= 4 is 69.1 Å². The second-order valence-corrected chi connectivity index (χ2v) is 18.9. The number of hydrogen-bond acceptors (Lipinski definition) is 19. The molecule has 0 aliphatic carbocycles. The number of imidazole rings is 1. The highest BCUT2D eigenvalue weighted by atomic mass is 32.2. The second kappa shape index (κ2) is 20.5. The number of nitrogens with one attached hydrogen (secondary N) is 2. The molecule has 3 aromatic rings. The molecule has 59 heavy (non-hydrogen) atoms. The molecule has 1 aromatic carbocycles. The van der Waals surface area contributed by atoms with E-state index in [2.05, 4.69) is 34.4 Å². The van der Waals surface area contributed by atoms with Crippen LogP contribution in [-0.4, -0.2) is 129 Å². The molecule has 4 rings (SSSR count). The maximum absolute atomic E-state index is 12.7. The average Bonchev–Trinajstić information content (AvgIpc) is 3.71. The van der Waals surface area contributed by atoms with E-state index in [1.807, 2.05) is 30.3 Å². The normalized spacial score (nSPS) is 21.6. The number of nitrogens with zero attached hydrogens (tertiary/aromatic N) is 4. The summed E-state index contributed by atoms with van der Waals surface area (Å²) < 4.78 is 62.2. The topological polar surface area (TPSA) is 390 Å². The quantitative estimate of drug-likeness (QED) is 0.0437. The van der Waals surface area contributed by atoms with E-state index in [9.17, 15) is 57.9 Å². The van der Waals surface area contributed by atoms with Crippen molar-refractivity contribution in [3.63, 3.8) is 0 Å². The van der Waals surface area contributed by atoms with Gasteiger partial charge in [-0.3, -0.25) is 32.5 Å². The lowest BCUT2D eigenvalue weighted by Gasteiger charge is -2.30. The molecule has 8 unspecified atom stereocenters. The molecule has 29 heteroatoms. The van der Waals surface area contributed by atoms with Crippen LogP contribution < -0.4 is 22.1 Å². The van der Waals surface area contributed by atoms with E-state index in [4.69, 9.17) is 25.3 Å². The lowest BCUT2D eigenvalue weighted by Crippen LogP contribution is -2.46. The number of aliphatic hydroxyl groups is 2. The van der Waals surface area contributed by atoms with Crippen molar-refractivity contribution in [3.8, 4) is 0 Å². The number of anilines is 1. The number of hydrogen-bond donors (Lipinski definition) is 10. The lowest BCUT2D eigenvalue weighted by molar-refractivity contribution is -0.137. The van der Waals surface area contributed by atoms with Crippen LogP contribution in [0.15, 0.2) is 43.0 Å². The molecule has 0 saturated carbocycles. The third kappa shape index (κ3) is 14.4. The third-order valence-electron chi connectivity index (χ3n) is 8.35. The number of carbonyl (C=O) groups is 3. The van der Waals surface area contributed by atoms with Gasteiger partial charge in [0.05, 0.1) is 25.6 Å². The predicted octanol–water partition coefficient (Wildman–Crippen LogP) is -0.765. The predicted molar refractivity (Wildman–Crippen MR) is 205 cm³/mol. The number of amides is 2. The summed E-state index contributed by atoms with van der Waals surface area (Å²) in [6.45, 7) is 0.376. The fourth-order valence-corrected chi connectivity index (χ4v) is 8.87. The van der Waals surface area contributed by atoms with E-state index in [0.29, 0.717) is 6.42 Å². The van der Waals surface area contributed by atoms with Gasteiger partial charge in [0.1, 0.15) is 36.3 Å². The number of rotatable bonds is 22. The Morgan fingerprint density at radius 3 is 2.37 bits per heavy atom. The first kappa shape index (κ1) is 48.4. The summed E-state index contributed by atoms with van der Waals surface area (Å²) in [5, 5.41) is 26.2. The standard InChI is InChI=1S/C30H45N8O17P3S/c1-30(2,24(41)27(42)34-9-8-20(39)33-10-11-59-29(43)18(31)12-17-6-4-3-5-7-17)14-52-58(49,50)55-57(47,48)51-13-19-23(54-56(44,45)46)22(40)28(53-19)38-16-37-21-25(32)35-15-36-26(21)38/h3-7,15-16,18-19,22-24,28,40-41H,8-14,31H2,1-2H3,(H,33,39)(H,34,42)(H,47,48)(H,49,50)(H2,32,35,36)(H2,44,45,46). The number of phosphoric ester groups is 3. The Hall–Kier alpha value is -3.26.